The third-order valence-corrected chi connectivity index (χ3v) is 2.64. The summed E-state index contributed by atoms with van der Waals surface area (Å²) in [6, 6.07) is 7.60. The highest BCUT2D eigenvalue weighted by atomic mass is 19.1. The molecule has 6 nitrogen and oxygen atoms in total. The second kappa shape index (κ2) is 6.00. The summed E-state index contributed by atoms with van der Waals surface area (Å²) in [7, 11) is 1.13. The zero-order chi connectivity index (χ0) is 15.4. The number of nitrogens with one attached hydrogen (secondary N) is 2. The normalized spacial score (nSPS) is 10.0. The van der Waals surface area contributed by atoms with Gasteiger partial charge in [0, 0.05) is 11.8 Å². The second-order valence-corrected chi connectivity index (χ2v) is 4.07. The van der Waals surface area contributed by atoms with Crippen LogP contribution in [0.5, 0.6) is 0 Å². The molecule has 1 amide bonds. The van der Waals surface area contributed by atoms with Gasteiger partial charge in [-0.3, -0.25) is 9.59 Å². The van der Waals surface area contributed by atoms with Crippen LogP contribution in [-0.2, 0) is 4.74 Å². The summed E-state index contributed by atoms with van der Waals surface area (Å²) < 4.78 is 17.9. The maximum absolute atomic E-state index is 13.5. The van der Waals surface area contributed by atoms with Gasteiger partial charge in [-0.1, -0.05) is 6.07 Å². The zero-order valence-corrected chi connectivity index (χ0v) is 11.0. The summed E-state index contributed by atoms with van der Waals surface area (Å²) in [5.74, 6) is -2.19. The van der Waals surface area contributed by atoms with E-state index < -0.39 is 23.3 Å². The van der Waals surface area contributed by atoms with Crippen LogP contribution >= 0.6 is 0 Å². The van der Waals surface area contributed by atoms with E-state index >= 15 is 0 Å². The van der Waals surface area contributed by atoms with Gasteiger partial charge >= 0.3 is 5.97 Å². The Bertz CT molecular complexity index is 755. The van der Waals surface area contributed by atoms with Gasteiger partial charge in [-0.15, -0.1) is 0 Å². The van der Waals surface area contributed by atoms with Crippen LogP contribution in [0.2, 0.25) is 0 Å². The van der Waals surface area contributed by atoms with Crippen LogP contribution in [0.15, 0.2) is 41.2 Å². The molecule has 1 aromatic carbocycles. The molecule has 108 valence electrons. The number of methoxy groups -OCH3 is 1. The Morgan fingerprint density at radius 1 is 1.24 bits per heavy atom. The third-order valence-electron chi connectivity index (χ3n) is 2.64. The molecule has 0 saturated heterocycles. The molecule has 21 heavy (non-hydrogen) atoms. The number of aromatic amines is 1. The molecule has 1 heterocycles. The molecular formula is C14H11FN2O4. The topological polar surface area (TPSA) is 88.3 Å². The van der Waals surface area contributed by atoms with Crippen molar-refractivity contribution in [2.75, 3.05) is 12.4 Å². The number of hydrogen-bond acceptors (Lipinski definition) is 4. The fourth-order valence-corrected chi connectivity index (χ4v) is 1.65. The van der Waals surface area contributed by atoms with Gasteiger partial charge in [0.05, 0.1) is 12.7 Å². The monoisotopic (exact) mass is 290 g/mol. The van der Waals surface area contributed by atoms with Crippen molar-refractivity contribution in [1.29, 1.82) is 0 Å². The molecule has 0 saturated carbocycles. The van der Waals surface area contributed by atoms with Crippen molar-refractivity contribution in [3.8, 4) is 0 Å². The zero-order valence-electron chi connectivity index (χ0n) is 11.0. The average Bonchev–Trinajstić information content (AvgIpc) is 2.48. The molecule has 1 aromatic heterocycles. The summed E-state index contributed by atoms with van der Waals surface area (Å²) in [6.07, 6.45) is 0. The first-order valence-electron chi connectivity index (χ1n) is 5.90. The summed E-state index contributed by atoms with van der Waals surface area (Å²) >= 11 is 0. The minimum Gasteiger partial charge on any atom is -0.465 e. The highest BCUT2D eigenvalue weighted by Crippen LogP contribution is 2.16. The van der Waals surface area contributed by atoms with E-state index in [9.17, 15) is 18.8 Å². The SMILES string of the molecule is COC(=O)c1cc(NC(=O)c2cccc(=O)[nH]2)ccc1F. The summed E-state index contributed by atoms with van der Waals surface area (Å²) in [4.78, 5) is 36.8. The Hall–Kier alpha value is -2.96. The molecule has 2 rings (SSSR count). The molecule has 0 bridgehead atoms. The summed E-state index contributed by atoms with van der Waals surface area (Å²) in [6.45, 7) is 0. The number of H-pyrrole nitrogens is 1. The molecule has 0 unspecified atom stereocenters. The van der Waals surface area contributed by atoms with Gasteiger partial charge in [0.25, 0.3) is 5.91 Å². The lowest BCUT2D eigenvalue weighted by Gasteiger charge is -2.07. The van der Waals surface area contributed by atoms with Gasteiger partial charge in [-0.05, 0) is 24.3 Å². The molecule has 7 heteroatoms. The van der Waals surface area contributed by atoms with Crippen LogP contribution in [0.4, 0.5) is 10.1 Å². The minimum absolute atomic E-state index is 0.0476. The quantitative estimate of drug-likeness (QED) is 0.839. The van der Waals surface area contributed by atoms with E-state index in [-0.39, 0.29) is 16.9 Å². The number of halogens is 1. The van der Waals surface area contributed by atoms with Crippen molar-refractivity contribution in [1.82, 2.24) is 4.98 Å². The van der Waals surface area contributed by atoms with Gasteiger partial charge in [0.1, 0.15) is 11.5 Å². The van der Waals surface area contributed by atoms with Crippen molar-refractivity contribution in [3.05, 3.63) is 63.8 Å². The lowest BCUT2D eigenvalue weighted by Crippen LogP contribution is -2.18. The van der Waals surface area contributed by atoms with Crippen LogP contribution in [0.1, 0.15) is 20.8 Å². The predicted octanol–water partition coefficient (Wildman–Crippen LogP) is 1.55. The molecule has 2 N–H and O–H groups in total. The lowest BCUT2D eigenvalue weighted by atomic mass is 10.2. The molecule has 0 radical (unpaired) electrons. The molecule has 0 fully saturated rings. The molecule has 2 aromatic rings. The highest BCUT2D eigenvalue weighted by molar-refractivity contribution is 6.03. The van der Waals surface area contributed by atoms with Gasteiger partial charge in [-0.25, -0.2) is 9.18 Å². The summed E-state index contributed by atoms with van der Waals surface area (Å²) in [5.41, 5.74) is -0.466. The number of pyridine rings is 1. The Balaban J connectivity index is 2.26. The van der Waals surface area contributed by atoms with Crippen molar-refractivity contribution < 1.29 is 18.7 Å². The molecule has 0 spiro atoms. The van der Waals surface area contributed by atoms with Crippen LogP contribution in [0.25, 0.3) is 0 Å². The Kier molecular flexibility index (Phi) is 4.13. The van der Waals surface area contributed by atoms with E-state index in [1.165, 1.54) is 24.3 Å². The Morgan fingerprint density at radius 2 is 2.00 bits per heavy atom. The number of amides is 1. The van der Waals surface area contributed by atoms with Crippen molar-refractivity contribution in [2.24, 2.45) is 0 Å². The molecule has 0 aliphatic rings. The van der Waals surface area contributed by atoms with E-state index in [1.807, 2.05) is 0 Å². The van der Waals surface area contributed by atoms with Crippen molar-refractivity contribution >= 4 is 17.6 Å². The largest absolute Gasteiger partial charge is 0.465 e. The van der Waals surface area contributed by atoms with Crippen LogP contribution in [0.3, 0.4) is 0 Å². The van der Waals surface area contributed by atoms with Gasteiger partial charge in [0.2, 0.25) is 5.56 Å². The highest BCUT2D eigenvalue weighted by Gasteiger charge is 2.14. The predicted molar refractivity (Wildman–Crippen MR) is 72.8 cm³/mol. The maximum atomic E-state index is 13.5. The first kappa shape index (κ1) is 14.4. The molecule has 0 aliphatic carbocycles. The number of rotatable bonds is 3. The van der Waals surface area contributed by atoms with Crippen molar-refractivity contribution in [3.63, 3.8) is 0 Å². The number of hydrogen-bond donors (Lipinski definition) is 2. The number of benzene rings is 1. The van der Waals surface area contributed by atoms with Crippen molar-refractivity contribution in [2.45, 2.75) is 0 Å². The lowest BCUT2D eigenvalue weighted by molar-refractivity contribution is 0.0595. The second-order valence-electron chi connectivity index (χ2n) is 4.07. The number of anilines is 1. The first-order valence-corrected chi connectivity index (χ1v) is 5.90. The number of esters is 1. The van der Waals surface area contributed by atoms with E-state index in [2.05, 4.69) is 15.0 Å². The van der Waals surface area contributed by atoms with E-state index in [4.69, 9.17) is 0 Å². The average molecular weight is 290 g/mol. The molecular weight excluding hydrogens is 279 g/mol. The van der Waals surface area contributed by atoms with E-state index in [1.54, 1.807) is 0 Å². The number of ether oxygens (including phenoxy) is 1. The maximum Gasteiger partial charge on any atom is 0.340 e. The molecule has 0 aliphatic heterocycles. The van der Waals surface area contributed by atoms with Crippen LogP contribution in [0, 0.1) is 5.82 Å². The Labute approximate surface area is 118 Å². The third kappa shape index (κ3) is 3.33. The van der Waals surface area contributed by atoms with Crippen LogP contribution in [-0.4, -0.2) is 24.0 Å². The number of aromatic nitrogens is 1. The van der Waals surface area contributed by atoms with E-state index in [0.717, 1.165) is 19.2 Å². The first-order chi connectivity index (χ1) is 10.0. The van der Waals surface area contributed by atoms with Gasteiger partial charge in [0.15, 0.2) is 0 Å². The number of carbonyl (C=O) groups excluding carboxylic acids is 2. The smallest absolute Gasteiger partial charge is 0.340 e. The molecule has 0 atom stereocenters. The van der Waals surface area contributed by atoms with Gasteiger partial charge in [-0.2, -0.15) is 0 Å². The standard InChI is InChI=1S/C14H11FN2O4/c1-21-14(20)9-7-8(5-6-10(9)15)16-13(19)11-3-2-4-12(18)17-11/h2-7H,1H3,(H,16,19)(H,17,18). The Morgan fingerprint density at radius 3 is 2.67 bits per heavy atom. The fraction of sp³-hybridized carbons (Fsp3) is 0.0714. The van der Waals surface area contributed by atoms with Crippen LogP contribution < -0.4 is 10.9 Å². The number of carbonyl (C=O) groups is 2. The van der Waals surface area contributed by atoms with Gasteiger partial charge < -0.3 is 15.0 Å². The minimum atomic E-state index is -0.850. The fourth-order valence-electron chi connectivity index (χ4n) is 1.65. The summed E-state index contributed by atoms with van der Waals surface area (Å²) in [5, 5.41) is 2.45. The van der Waals surface area contributed by atoms with E-state index in [0.29, 0.717) is 0 Å².